The van der Waals surface area contributed by atoms with Crippen molar-refractivity contribution < 1.29 is 28.6 Å². The summed E-state index contributed by atoms with van der Waals surface area (Å²) >= 11 is 0. The molecule has 61 heavy (non-hydrogen) atoms. The first-order chi connectivity index (χ1) is 29.6. The van der Waals surface area contributed by atoms with Crippen LogP contribution in [0.3, 0.4) is 0 Å². The summed E-state index contributed by atoms with van der Waals surface area (Å²) in [6.45, 7) is 13.7. The summed E-state index contributed by atoms with van der Waals surface area (Å²) in [5.74, 6) is 1.61. The van der Waals surface area contributed by atoms with Gasteiger partial charge in [0.25, 0.3) is 0 Å². The van der Waals surface area contributed by atoms with Crippen LogP contribution in [-0.2, 0) is 28.6 Å². The van der Waals surface area contributed by atoms with E-state index in [-0.39, 0.29) is 31.1 Å². The fourth-order valence-electron chi connectivity index (χ4n) is 8.29. The van der Waals surface area contributed by atoms with Gasteiger partial charge in [0.1, 0.15) is 13.2 Å². The van der Waals surface area contributed by atoms with Gasteiger partial charge in [0, 0.05) is 19.3 Å². The van der Waals surface area contributed by atoms with Gasteiger partial charge >= 0.3 is 17.9 Å². The van der Waals surface area contributed by atoms with E-state index >= 15 is 0 Å². The van der Waals surface area contributed by atoms with E-state index in [9.17, 15) is 14.4 Å². The Bertz CT molecular complexity index is 945. The van der Waals surface area contributed by atoms with Crippen molar-refractivity contribution in [1.82, 2.24) is 0 Å². The topological polar surface area (TPSA) is 78.9 Å². The molecule has 0 spiro atoms. The van der Waals surface area contributed by atoms with Crippen molar-refractivity contribution in [3.05, 3.63) is 0 Å². The summed E-state index contributed by atoms with van der Waals surface area (Å²) in [4.78, 5) is 38.0. The zero-order chi connectivity index (χ0) is 44.9. The lowest BCUT2D eigenvalue weighted by Crippen LogP contribution is -2.30. The third-order valence-electron chi connectivity index (χ3n) is 12.4. The van der Waals surface area contributed by atoms with E-state index in [0.717, 1.165) is 75.5 Å². The van der Waals surface area contributed by atoms with Gasteiger partial charge in [-0.3, -0.25) is 14.4 Å². The van der Waals surface area contributed by atoms with Gasteiger partial charge in [-0.1, -0.05) is 260 Å². The lowest BCUT2D eigenvalue weighted by atomic mass is 10.0. The van der Waals surface area contributed by atoms with Crippen molar-refractivity contribution in [2.45, 2.75) is 304 Å². The van der Waals surface area contributed by atoms with Crippen LogP contribution >= 0.6 is 0 Å². The maximum absolute atomic E-state index is 12.8. The first-order valence-corrected chi connectivity index (χ1v) is 27.1. The molecule has 0 N–H and O–H groups in total. The van der Waals surface area contributed by atoms with E-state index < -0.39 is 6.10 Å². The quantitative estimate of drug-likeness (QED) is 0.0344. The normalized spacial score (nSPS) is 12.1. The number of carbonyl (C=O) groups excluding carboxylic acids is 3. The van der Waals surface area contributed by atoms with Crippen LogP contribution in [0.15, 0.2) is 0 Å². The fourth-order valence-corrected chi connectivity index (χ4v) is 8.29. The second-order valence-corrected chi connectivity index (χ2v) is 20.3. The molecular formula is C55H106O6. The van der Waals surface area contributed by atoms with Crippen LogP contribution in [0.4, 0.5) is 0 Å². The van der Waals surface area contributed by atoms with Crippen LogP contribution in [0.1, 0.15) is 298 Å². The van der Waals surface area contributed by atoms with Gasteiger partial charge < -0.3 is 14.2 Å². The molecular weight excluding hydrogens is 757 g/mol. The van der Waals surface area contributed by atoms with E-state index in [1.54, 1.807) is 0 Å². The molecule has 0 amide bonds. The van der Waals surface area contributed by atoms with E-state index in [4.69, 9.17) is 14.2 Å². The first-order valence-electron chi connectivity index (χ1n) is 27.1. The van der Waals surface area contributed by atoms with Crippen LogP contribution in [0, 0.1) is 17.8 Å². The number of hydrogen-bond donors (Lipinski definition) is 0. The van der Waals surface area contributed by atoms with Gasteiger partial charge in [0.2, 0.25) is 0 Å². The predicted molar refractivity (Wildman–Crippen MR) is 261 cm³/mol. The zero-order valence-electron chi connectivity index (χ0n) is 42.0. The fraction of sp³-hybridized carbons (Fsp3) is 0.945. The number of ether oxygens (including phenoxy) is 3. The van der Waals surface area contributed by atoms with Gasteiger partial charge in [-0.2, -0.15) is 0 Å². The van der Waals surface area contributed by atoms with Gasteiger partial charge in [-0.25, -0.2) is 0 Å². The Kier molecular flexibility index (Phi) is 45.2. The molecule has 0 saturated carbocycles. The summed E-state index contributed by atoms with van der Waals surface area (Å²) in [6, 6.07) is 0. The van der Waals surface area contributed by atoms with E-state index in [2.05, 4.69) is 41.5 Å². The van der Waals surface area contributed by atoms with Crippen molar-refractivity contribution in [1.29, 1.82) is 0 Å². The highest BCUT2D eigenvalue weighted by Crippen LogP contribution is 2.18. The monoisotopic (exact) mass is 863 g/mol. The second kappa shape index (κ2) is 46.4. The molecule has 362 valence electrons. The lowest BCUT2D eigenvalue weighted by molar-refractivity contribution is -0.167. The van der Waals surface area contributed by atoms with Crippen molar-refractivity contribution >= 4 is 17.9 Å². The molecule has 0 bridgehead atoms. The average Bonchev–Trinajstić information content (AvgIpc) is 3.22. The molecule has 0 aliphatic carbocycles. The number of hydrogen-bond acceptors (Lipinski definition) is 6. The molecule has 0 aliphatic heterocycles. The molecule has 0 aromatic heterocycles. The Morgan fingerprint density at radius 2 is 0.475 bits per heavy atom. The zero-order valence-corrected chi connectivity index (χ0v) is 42.0. The Labute approximate surface area is 380 Å². The van der Waals surface area contributed by atoms with E-state index in [1.807, 2.05) is 0 Å². The lowest BCUT2D eigenvalue weighted by Gasteiger charge is -2.18. The minimum Gasteiger partial charge on any atom is -0.462 e. The number of esters is 3. The molecule has 0 aromatic carbocycles. The second-order valence-electron chi connectivity index (χ2n) is 20.3. The van der Waals surface area contributed by atoms with Crippen LogP contribution in [0.5, 0.6) is 0 Å². The third kappa shape index (κ3) is 49.3. The molecule has 0 aromatic rings. The van der Waals surface area contributed by atoms with Crippen molar-refractivity contribution in [2.24, 2.45) is 17.8 Å². The molecule has 0 saturated heterocycles. The van der Waals surface area contributed by atoms with Crippen LogP contribution < -0.4 is 0 Å². The molecule has 0 heterocycles. The predicted octanol–water partition coefficient (Wildman–Crippen LogP) is 17.6. The number of carbonyl (C=O) groups is 3. The molecule has 6 heteroatoms. The van der Waals surface area contributed by atoms with Gasteiger partial charge in [-0.05, 0) is 37.0 Å². The van der Waals surface area contributed by atoms with Gasteiger partial charge in [0.05, 0.1) is 0 Å². The highest BCUT2D eigenvalue weighted by Gasteiger charge is 2.19. The molecule has 0 aliphatic rings. The molecule has 0 fully saturated rings. The van der Waals surface area contributed by atoms with E-state index in [0.29, 0.717) is 19.3 Å². The maximum Gasteiger partial charge on any atom is 0.306 e. The molecule has 0 unspecified atom stereocenters. The van der Waals surface area contributed by atoms with Crippen LogP contribution in [0.25, 0.3) is 0 Å². The Morgan fingerprint density at radius 1 is 0.279 bits per heavy atom. The van der Waals surface area contributed by atoms with Gasteiger partial charge in [0.15, 0.2) is 6.10 Å². The number of unbranched alkanes of at least 4 members (excludes halogenated alkanes) is 31. The van der Waals surface area contributed by atoms with Crippen molar-refractivity contribution in [3.63, 3.8) is 0 Å². The largest absolute Gasteiger partial charge is 0.462 e. The smallest absolute Gasteiger partial charge is 0.306 e. The summed E-state index contributed by atoms with van der Waals surface area (Å²) in [5.41, 5.74) is 0. The van der Waals surface area contributed by atoms with Gasteiger partial charge in [-0.15, -0.1) is 0 Å². The average molecular weight is 863 g/mol. The SMILES string of the molecule is CC(C)CCCCCCCCCCCCCCCCCCC(=O)O[C@@H](COC(=O)CCCCCCCCCCCCCC(C)C)COC(=O)CCCCCCCCCC(C)C. The standard InChI is InChI=1S/C55H106O6/c1-49(2)41-35-29-23-18-14-11-9-7-8-10-12-16-21-27-34-40-46-55(58)61-52(48-60-54(57)45-39-33-28-22-25-31-37-43-51(5)6)47-59-53(56)44-38-32-26-20-17-13-15-19-24-30-36-42-50(3)4/h49-52H,7-48H2,1-6H3/t52-/m0/s1. The minimum atomic E-state index is -0.763. The molecule has 1 atom stereocenters. The highest BCUT2D eigenvalue weighted by atomic mass is 16.6. The Morgan fingerprint density at radius 3 is 0.705 bits per heavy atom. The van der Waals surface area contributed by atoms with Crippen molar-refractivity contribution in [2.75, 3.05) is 13.2 Å². The Hall–Kier alpha value is -1.59. The van der Waals surface area contributed by atoms with Crippen LogP contribution in [0.2, 0.25) is 0 Å². The van der Waals surface area contributed by atoms with Crippen molar-refractivity contribution in [3.8, 4) is 0 Å². The summed E-state index contributed by atoms with van der Waals surface area (Å²) < 4.78 is 16.8. The van der Waals surface area contributed by atoms with Crippen LogP contribution in [-0.4, -0.2) is 37.2 Å². The minimum absolute atomic E-state index is 0.0648. The third-order valence-corrected chi connectivity index (χ3v) is 12.4. The Balaban J connectivity index is 4.26. The molecule has 0 radical (unpaired) electrons. The highest BCUT2D eigenvalue weighted by molar-refractivity contribution is 5.71. The van der Waals surface area contributed by atoms with E-state index in [1.165, 1.54) is 180 Å². The molecule has 6 nitrogen and oxygen atoms in total. The summed E-state index contributed by atoms with van der Waals surface area (Å²) in [6.07, 6.45) is 46.7. The first kappa shape index (κ1) is 59.4. The summed E-state index contributed by atoms with van der Waals surface area (Å²) in [5, 5.41) is 0. The summed E-state index contributed by atoms with van der Waals surface area (Å²) in [7, 11) is 0. The maximum atomic E-state index is 12.8. The molecule has 0 rings (SSSR count). The number of rotatable bonds is 48.